The smallest absolute Gasteiger partial charge is 0.879 e. The summed E-state index contributed by atoms with van der Waals surface area (Å²) >= 11 is 0. The standard InChI is InChI=1S/C13H11O.C7H8O.C6H6O.2Fe/c14-13(12-7-3-4-8-12)10-9-11-5-1-2-6-11;1-6(8)7-4-2-3-5-7;7-5-6-3-1-2-4-6;;/h1-10,14H;2-5,8H,1H3;1-5,7H;;/q-1;;;2*+2/p-3. The first-order valence-corrected chi connectivity index (χ1v) is 9.15. The molecule has 0 saturated carbocycles. The molecule has 4 rings (SSSR count). The van der Waals surface area contributed by atoms with Crippen molar-refractivity contribution in [1.82, 2.24) is 0 Å². The molecule has 0 heterocycles. The molecule has 0 bridgehead atoms. The van der Waals surface area contributed by atoms with Crippen molar-refractivity contribution in [3.05, 3.63) is 143 Å². The molecule has 0 aliphatic heterocycles. The maximum Gasteiger partial charge on any atom is 2.00 e. The minimum absolute atomic E-state index is 0. The van der Waals surface area contributed by atoms with E-state index in [-0.39, 0.29) is 45.7 Å². The second-order valence-corrected chi connectivity index (χ2v) is 6.16. The second kappa shape index (κ2) is 16.0. The van der Waals surface area contributed by atoms with Gasteiger partial charge in [0.2, 0.25) is 0 Å². The average molecular weight is 494 g/mol. The third-order valence-electron chi connectivity index (χ3n) is 3.96. The Morgan fingerprint density at radius 3 is 1.58 bits per heavy atom. The molecule has 0 amide bonds. The predicted molar refractivity (Wildman–Crippen MR) is 114 cm³/mol. The zero-order valence-electron chi connectivity index (χ0n) is 16.9. The van der Waals surface area contributed by atoms with Crippen LogP contribution in [0.2, 0.25) is 0 Å². The van der Waals surface area contributed by atoms with E-state index < -0.39 is 0 Å². The summed E-state index contributed by atoms with van der Waals surface area (Å²) in [6.45, 7) is 1.56. The van der Waals surface area contributed by atoms with E-state index in [1.165, 1.54) is 0 Å². The van der Waals surface area contributed by atoms with E-state index in [1.54, 1.807) is 25.2 Å². The van der Waals surface area contributed by atoms with Crippen LogP contribution in [-0.4, -0.2) is 0 Å². The van der Waals surface area contributed by atoms with E-state index in [0.717, 1.165) is 28.5 Å². The third kappa shape index (κ3) is 10.7. The fourth-order valence-corrected chi connectivity index (χ4v) is 2.38. The first-order chi connectivity index (χ1) is 14.1. The van der Waals surface area contributed by atoms with Gasteiger partial charge < -0.3 is 15.3 Å². The van der Waals surface area contributed by atoms with Crippen molar-refractivity contribution in [1.29, 1.82) is 0 Å². The Hall–Kier alpha value is -2.81. The van der Waals surface area contributed by atoms with Gasteiger partial charge in [0.1, 0.15) is 0 Å². The number of allylic oxidation sites excluding steroid dienone is 17. The van der Waals surface area contributed by atoms with Gasteiger partial charge in [-0.2, -0.15) is 12.1 Å². The van der Waals surface area contributed by atoms with Crippen LogP contribution in [0.5, 0.6) is 0 Å². The third-order valence-corrected chi connectivity index (χ3v) is 3.96. The Balaban J connectivity index is 0.000000457. The van der Waals surface area contributed by atoms with Gasteiger partial charge >= 0.3 is 34.1 Å². The van der Waals surface area contributed by atoms with E-state index >= 15 is 0 Å². The number of hydrogen-bond donors (Lipinski definition) is 0. The van der Waals surface area contributed by atoms with Crippen LogP contribution in [0.3, 0.4) is 0 Å². The summed E-state index contributed by atoms with van der Waals surface area (Å²) in [6, 6.07) is 7.84. The van der Waals surface area contributed by atoms with Crippen LogP contribution in [0, 0.1) is 0 Å². The van der Waals surface area contributed by atoms with Crippen molar-refractivity contribution in [2.45, 2.75) is 6.92 Å². The van der Waals surface area contributed by atoms with Crippen molar-refractivity contribution in [3.8, 4) is 0 Å². The maximum absolute atomic E-state index is 11.5. The fourth-order valence-electron chi connectivity index (χ4n) is 2.38. The van der Waals surface area contributed by atoms with Crippen LogP contribution in [0.25, 0.3) is 6.08 Å². The quantitative estimate of drug-likeness (QED) is 0.360. The molecule has 31 heavy (non-hydrogen) atoms. The molecule has 0 N–H and O–H groups in total. The van der Waals surface area contributed by atoms with Crippen LogP contribution in [-0.2, 0) is 34.1 Å². The van der Waals surface area contributed by atoms with E-state index in [4.69, 9.17) is 0 Å². The molecular weight excluding hydrogens is 472 g/mol. The Bertz CT molecular complexity index is 932. The topological polar surface area (TPSA) is 69.2 Å². The van der Waals surface area contributed by atoms with E-state index in [9.17, 15) is 15.3 Å². The normalized spacial score (nSPS) is 14.0. The molecule has 1 aromatic carbocycles. The Morgan fingerprint density at radius 2 is 1.19 bits per heavy atom. The zero-order valence-corrected chi connectivity index (χ0v) is 19.1. The van der Waals surface area contributed by atoms with E-state index in [0.29, 0.717) is 0 Å². The van der Waals surface area contributed by atoms with Crippen LogP contribution < -0.4 is 15.3 Å². The molecule has 0 saturated heterocycles. The molecule has 0 aromatic heterocycles. The van der Waals surface area contributed by atoms with Crippen LogP contribution in [0.4, 0.5) is 0 Å². The van der Waals surface area contributed by atoms with Crippen LogP contribution in [0.15, 0.2) is 138 Å². The van der Waals surface area contributed by atoms with E-state index in [1.807, 2.05) is 91.1 Å². The molecule has 0 unspecified atom stereocenters. The second-order valence-electron chi connectivity index (χ2n) is 6.16. The molecule has 0 atom stereocenters. The van der Waals surface area contributed by atoms with Gasteiger partial charge in [0.25, 0.3) is 0 Å². The number of rotatable bonds is 2. The van der Waals surface area contributed by atoms with Gasteiger partial charge in [-0.05, 0) is 16.7 Å². The summed E-state index contributed by atoms with van der Waals surface area (Å²) in [4.78, 5) is 0. The zero-order chi connectivity index (χ0) is 20.9. The van der Waals surface area contributed by atoms with Crippen molar-refractivity contribution in [3.63, 3.8) is 0 Å². The summed E-state index contributed by atoms with van der Waals surface area (Å²) in [5.41, 5.74) is 3.35. The van der Waals surface area contributed by atoms with E-state index in [2.05, 4.69) is 0 Å². The summed E-state index contributed by atoms with van der Waals surface area (Å²) in [5, 5.41) is 31.9. The van der Waals surface area contributed by atoms with Crippen molar-refractivity contribution in [2.24, 2.45) is 0 Å². The summed E-state index contributed by atoms with van der Waals surface area (Å²) < 4.78 is 0. The van der Waals surface area contributed by atoms with Gasteiger partial charge in [0, 0.05) is 0 Å². The number of hydrogen-bond acceptors (Lipinski definition) is 3. The molecule has 1 aromatic rings. The van der Waals surface area contributed by atoms with Gasteiger partial charge in [-0.25, -0.2) is 0 Å². The monoisotopic (exact) mass is 494 g/mol. The van der Waals surface area contributed by atoms with Gasteiger partial charge in [0.15, 0.2) is 0 Å². The first-order valence-electron chi connectivity index (χ1n) is 9.15. The molecule has 0 fully saturated rings. The Morgan fingerprint density at radius 1 is 0.742 bits per heavy atom. The molecule has 3 aliphatic carbocycles. The molecule has 0 spiro atoms. The van der Waals surface area contributed by atoms with Gasteiger partial charge in [-0.3, -0.25) is 0 Å². The average Bonchev–Trinajstić information content (AvgIpc) is 3.55. The summed E-state index contributed by atoms with van der Waals surface area (Å²) in [7, 11) is 0. The predicted octanol–water partition coefficient (Wildman–Crippen LogP) is 3.26. The molecule has 0 radical (unpaired) electrons. The van der Waals surface area contributed by atoms with Gasteiger partial charge in [-0.1, -0.05) is 79.8 Å². The SMILES string of the molecule is CC([O-])=C1C=CC=C1.[Fe+2].[Fe+2].[O-]C(C=C[c-]1cccc1)=C1C=CC=C1.[O-]C=C1C=CC=C1. The van der Waals surface area contributed by atoms with Crippen molar-refractivity contribution in [2.75, 3.05) is 0 Å². The molecular formula is C26H22Fe2O3. The van der Waals surface area contributed by atoms with Crippen molar-refractivity contribution >= 4 is 6.08 Å². The fraction of sp³-hybridized carbons (Fsp3) is 0.0385. The summed E-state index contributed by atoms with van der Waals surface area (Å²) in [6.07, 6.45) is 26.2. The minimum Gasteiger partial charge on any atom is -0.879 e. The summed E-state index contributed by atoms with van der Waals surface area (Å²) in [5.74, 6) is 0.186. The Kier molecular flexibility index (Phi) is 14.5. The van der Waals surface area contributed by atoms with Crippen molar-refractivity contribution < 1.29 is 49.5 Å². The largest absolute Gasteiger partial charge is 2.00 e. The Labute approximate surface area is 205 Å². The van der Waals surface area contributed by atoms with Crippen LogP contribution in [0.1, 0.15) is 12.5 Å². The molecule has 3 nitrogen and oxygen atoms in total. The molecule has 3 aliphatic rings. The van der Waals surface area contributed by atoms with Gasteiger partial charge in [-0.15, -0.1) is 47.6 Å². The molecule has 5 heteroatoms. The minimum atomic E-state index is 0. The van der Waals surface area contributed by atoms with Gasteiger partial charge in [0.05, 0.1) is 0 Å². The maximum atomic E-state index is 11.5. The van der Waals surface area contributed by atoms with Crippen LogP contribution >= 0.6 is 0 Å². The molecule has 160 valence electrons. The first kappa shape index (κ1) is 28.2.